The lowest BCUT2D eigenvalue weighted by atomic mass is 10.1. The monoisotopic (exact) mass is 286 g/mol. The molecule has 1 amide bonds. The molecule has 0 spiro atoms. The Morgan fingerprint density at radius 2 is 2.40 bits per heavy atom. The first-order valence-corrected chi connectivity index (χ1v) is 7.86. The molecule has 1 unspecified atom stereocenters. The number of nitrogens with zero attached hydrogens (tertiary/aromatic N) is 2. The standard InChI is InChI=1S/C16H18N2OS/c1-12-4-2-5-13(10-12)11-15(19)18-8-3-6-14(18)16-17-7-9-20-16/h2,4-5,7,9-10,14H,3,6,8,11H2,1H3. The first-order chi connectivity index (χ1) is 9.74. The quantitative estimate of drug-likeness (QED) is 0.867. The van der Waals surface area contributed by atoms with Gasteiger partial charge in [-0.2, -0.15) is 0 Å². The van der Waals surface area contributed by atoms with Crippen molar-refractivity contribution in [3.05, 3.63) is 52.0 Å². The highest BCUT2D eigenvalue weighted by Crippen LogP contribution is 2.33. The van der Waals surface area contributed by atoms with E-state index in [1.165, 1.54) is 5.56 Å². The first kappa shape index (κ1) is 13.3. The van der Waals surface area contributed by atoms with Crippen LogP contribution < -0.4 is 0 Å². The molecule has 0 N–H and O–H groups in total. The van der Waals surface area contributed by atoms with Crippen molar-refractivity contribution >= 4 is 17.2 Å². The van der Waals surface area contributed by atoms with E-state index >= 15 is 0 Å². The Morgan fingerprint density at radius 1 is 1.50 bits per heavy atom. The molecule has 3 rings (SSSR count). The van der Waals surface area contributed by atoms with Gasteiger partial charge in [0.25, 0.3) is 0 Å². The van der Waals surface area contributed by atoms with Crippen LogP contribution in [0.2, 0.25) is 0 Å². The topological polar surface area (TPSA) is 33.2 Å². The van der Waals surface area contributed by atoms with Crippen LogP contribution in [0.15, 0.2) is 35.8 Å². The number of aromatic nitrogens is 1. The molecule has 2 heterocycles. The predicted octanol–water partition coefficient (Wildman–Crippen LogP) is 3.36. The number of aryl methyl sites for hydroxylation is 1. The third kappa shape index (κ3) is 2.75. The maximum Gasteiger partial charge on any atom is 0.227 e. The van der Waals surface area contributed by atoms with Gasteiger partial charge in [-0.1, -0.05) is 29.8 Å². The lowest BCUT2D eigenvalue weighted by molar-refractivity contribution is -0.131. The van der Waals surface area contributed by atoms with E-state index in [1.807, 2.05) is 28.6 Å². The number of rotatable bonds is 3. The Labute approximate surface area is 123 Å². The number of carbonyl (C=O) groups excluding carboxylic acids is 1. The molecule has 1 aliphatic rings. The third-order valence-electron chi connectivity index (χ3n) is 3.75. The minimum atomic E-state index is 0.187. The normalized spacial score (nSPS) is 18.4. The molecule has 0 saturated carbocycles. The second-order valence-corrected chi connectivity index (χ2v) is 6.21. The molecule has 1 aromatic carbocycles. The summed E-state index contributed by atoms with van der Waals surface area (Å²) >= 11 is 1.65. The smallest absolute Gasteiger partial charge is 0.227 e. The van der Waals surface area contributed by atoms with Crippen molar-refractivity contribution in [3.63, 3.8) is 0 Å². The van der Waals surface area contributed by atoms with Crippen LogP contribution >= 0.6 is 11.3 Å². The Kier molecular flexibility index (Phi) is 3.83. The molecule has 1 saturated heterocycles. The first-order valence-electron chi connectivity index (χ1n) is 6.98. The van der Waals surface area contributed by atoms with Crippen molar-refractivity contribution in [1.29, 1.82) is 0 Å². The van der Waals surface area contributed by atoms with Gasteiger partial charge in [-0.3, -0.25) is 4.79 Å². The summed E-state index contributed by atoms with van der Waals surface area (Å²) in [4.78, 5) is 18.9. The van der Waals surface area contributed by atoms with Gasteiger partial charge >= 0.3 is 0 Å². The minimum absolute atomic E-state index is 0.187. The summed E-state index contributed by atoms with van der Waals surface area (Å²) in [7, 11) is 0. The zero-order valence-electron chi connectivity index (χ0n) is 11.6. The number of benzene rings is 1. The molecule has 104 valence electrons. The van der Waals surface area contributed by atoms with E-state index in [0.717, 1.165) is 30.0 Å². The molecular weight excluding hydrogens is 268 g/mol. The van der Waals surface area contributed by atoms with Crippen LogP contribution in [0.25, 0.3) is 0 Å². The third-order valence-corrected chi connectivity index (χ3v) is 4.62. The number of carbonyl (C=O) groups is 1. The van der Waals surface area contributed by atoms with Gasteiger partial charge < -0.3 is 4.90 Å². The second kappa shape index (κ2) is 5.75. The highest BCUT2D eigenvalue weighted by atomic mass is 32.1. The number of amides is 1. The molecule has 0 radical (unpaired) electrons. The summed E-state index contributed by atoms with van der Waals surface area (Å²) in [6.45, 7) is 2.91. The van der Waals surface area contributed by atoms with Gasteiger partial charge in [0.1, 0.15) is 5.01 Å². The van der Waals surface area contributed by atoms with Crippen molar-refractivity contribution in [1.82, 2.24) is 9.88 Å². The molecule has 1 aliphatic heterocycles. The molecule has 1 fully saturated rings. The predicted molar refractivity (Wildman–Crippen MR) is 80.7 cm³/mol. The van der Waals surface area contributed by atoms with Crippen LogP contribution in [0.3, 0.4) is 0 Å². The van der Waals surface area contributed by atoms with Crippen LogP contribution in [0, 0.1) is 6.92 Å². The number of thiazole rings is 1. The molecule has 1 atom stereocenters. The molecular formula is C16H18N2OS. The van der Waals surface area contributed by atoms with E-state index < -0.39 is 0 Å². The summed E-state index contributed by atoms with van der Waals surface area (Å²) < 4.78 is 0. The summed E-state index contributed by atoms with van der Waals surface area (Å²) in [5.41, 5.74) is 2.30. The van der Waals surface area contributed by atoms with Gasteiger partial charge in [0.2, 0.25) is 5.91 Å². The number of hydrogen-bond acceptors (Lipinski definition) is 3. The summed E-state index contributed by atoms with van der Waals surface area (Å²) in [5, 5.41) is 3.05. The van der Waals surface area contributed by atoms with Crippen molar-refractivity contribution in [2.45, 2.75) is 32.2 Å². The highest BCUT2D eigenvalue weighted by Gasteiger charge is 2.31. The molecule has 0 bridgehead atoms. The van der Waals surface area contributed by atoms with E-state index in [1.54, 1.807) is 11.3 Å². The van der Waals surface area contributed by atoms with E-state index in [9.17, 15) is 4.79 Å². The zero-order chi connectivity index (χ0) is 13.9. The van der Waals surface area contributed by atoms with Crippen LogP contribution in [-0.2, 0) is 11.2 Å². The average molecular weight is 286 g/mol. The highest BCUT2D eigenvalue weighted by molar-refractivity contribution is 7.09. The SMILES string of the molecule is Cc1cccc(CC(=O)N2CCCC2c2nccs2)c1. The zero-order valence-corrected chi connectivity index (χ0v) is 12.4. The molecule has 4 heteroatoms. The van der Waals surface area contributed by atoms with Gasteiger partial charge in [0.05, 0.1) is 12.5 Å². The van der Waals surface area contributed by atoms with Crippen molar-refractivity contribution in [2.75, 3.05) is 6.54 Å². The van der Waals surface area contributed by atoms with Crippen LogP contribution in [0.1, 0.15) is 35.0 Å². The van der Waals surface area contributed by atoms with Crippen molar-refractivity contribution < 1.29 is 4.79 Å². The lowest BCUT2D eigenvalue weighted by Crippen LogP contribution is -2.31. The molecule has 3 nitrogen and oxygen atoms in total. The van der Waals surface area contributed by atoms with E-state index in [4.69, 9.17) is 0 Å². The lowest BCUT2D eigenvalue weighted by Gasteiger charge is -2.23. The van der Waals surface area contributed by atoms with Crippen molar-refractivity contribution in [3.8, 4) is 0 Å². The molecule has 1 aromatic heterocycles. The summed E-state index contributed by atoms with van der Waals surface area (Å²) in [5.74, 6) is 0.216. The fourth-order valence-electron chi connectivity index (χ4n) is 2.82. The number of likely N-dealkylation sites (tertiary alicyclic amines) is 1. The Bertz CT molecular complexity index is 594. The maximum atomic E-state index is 12.5. The van der Waals surface area contributed by atoms with E-state index in [2.05, 4.69) is 24.0 Å². The van der Waals surface area contributed by atoms with Gasteiger partial charge in [0.15, 0.2) is 0 Å². The van der Waals surface area contributed by atoms with Gasteiger partial charge in [0, 0.05) is 18.1 Å². The Balaban J connectivity index is 1.73. The van der Waals surface area contributed by atoms with Gasteiger partial charge in [-0.25, -0.2) is 4.98 Å². The van der Waals surface area contributed by atoms with E-state index in [0.29, 0.717) is 6.42 Å². The van der Waals surface area contributed by atoms with Gasteiger partial charge in [-0.15, -0.1) is 11.3 Å². The molecule has 2 aromatic rings. The Hall–Kier alpha value is -1.68. The fraction of sp³-hybridized carbons (Fsp3) is 0.375. The maximum absolute atomic E-state index is 12.5. The Morgan fingerprint density at radius 3 is 3.15 bits per heavy atom. The summed E-state index contributed by atoms with van der Waals surface area (Å²) in [6, 6.07) is 8.38. The average Bonchev–Trinajstić information content (AvgIpc) is 3.09. The van der Waals surface area contributed by atoms with Crippen molar-refractivity contribution in [2.24, 2.45) is 0 Å². The molecule has 0 aliphatic carbocycles. The molecule has 20 heavy (non-hydrogen) atoms. The largest absolute Gasteiger partial charge is 0.333 e. The fourth-order valence-corrected chi connectivity index (χ4v) is 3.60. The van der Waals surface area contributed by atoms with E-state index in [-0.39, 0.29) is 11.9 Å². The van der Waals surface area contributed by atoms with Gasteiger partial charge in [-0.05, 0) is 25.3 Å². The van der Waals surface area contributed by atoms with Crippen LogP contribution in [0.4, 0.5) is 0 Å². The second-order valence-electron chi connectivity index (χ2n) is 5.28. The number of hydrogen-bond donors (Lipinski definition) is 0. The summed E-state index contributed by atoms with van der Waals surface area (Å²) in [6.07, 6.45) is 4.42. The minimum Gasteiger partial charge on any atom is -0.333 e. The van der Waals surface area contributed by atoms with Crippen LogP contribution in [-0.4, -0.2) is 22.3 Å². The van der Waals surface area contributed by atoms with Crippen LogP contribution in [0.5, 0.6) is 0 Å².